The van der Waals surface area contributed by atoms with E-state index in [9.17, 15) is 43.9 Å². The molecule has 0 N–H and O–H groups in total. The lowest BCUT2D eigenvalue weighted by Gasteiger charge is -2.51. The Morgan fingerprint density at radius 2 is 0.768 bits per heavy atom. The van der Waals surface area contributed by atoms with E-state index < -0.39 is 171 Å². The van der Waals surface area contributed by atoms with Gasteiger partial charge in [-0.3, -0.25) is 33.6 Å². The second kappa shape index (κ2) is 30.1. The number of azide groups is 1. The zero-order valence-electron chi connectivity index (χ0n) is 47.3. The molecule has 27 nitrogen and oxygen atoms in total. The molecule has 27 heteroatoms. The van der Waals surface area contributed by atoms with Crippen LogP contribution in [-0.4, -0.2) is 170 Å². The van der Waals surface area contributed by atoms with Crippen LogP contribution >= 0.6 is 0 Å². The first kappa shape index (κ1) is 64.5. The van der Waals surface area contributed by atoms with Gasteiger partial charge in [-0.05, 0) is 51.3 Å². The van der Waals surface area contributed by atoms with Gasteiger partial charge in [0, 0.05) is 52.9 Å². The summed E-state index contributed by atoms with van der Waals surface area (Å²) in [6.07, 6.45) is -29.4. The molecular weight excluding hydrogens is 1090 g/mol. The Bertz CT molecular complexity index is 2570. The maximum Gasteiger partial charge on any atom is 0.306 e. The fraction of sp³-hybridized carbons (Fsp3) is 0.636. The van der Waals surface area contributed by atoms with Gasteiger partial charge in [-0.25, -0.2) is 0 Å². The van der Waals surface area contributed by atoms with Crippen molar-refractivity contribution in [1.29, 1.82) is 0 Å². The molecular formula is C55H71N3O24. The third-order valence-electron chi connectivity index (χ3n) is 13.3. The Balaban J connectivity index is 1.44. The summed E-state index contributed by atoms with van der Waals surface area (Å²) in [5, 5.41) is 3.94. The maximum atomic E-state index is 13.6. The van der Waals surface area contributed by atoms with Crippen molar-refractivity contribution in [1.82, 2.24) is 0 Å². The minimum atomic E-state index is -1.87. The second-order valence-corrected chi connectivity index (χ2v) is 20.0. The van der Waals surface area contributed by atoms with Crippen molar-refractivity contribution in [2.24, 2.45) is 5.11 Å². The van der Waals surface area contributed by atoms with E-state index >= 15 is 0 Å². The van der Waals surface area contributed by atoms with E-state index in [0.29, 0.717) is 11.1 Å². The average molecular weight is 1160 g/mol. The molecule has 4 aliphatic rings. The van der Waals surface area contributed by atoms with Crippen molar-refractivity contribution in [3.8, 4) is 0 Å². The topological polar surface area (TPSA) is 333 Å². The van der Waals surface area contributed by atoms with Crippen molar-refractivity contribution in [2.45, 2.75) is 225 Å². The predicted molar refractivity (Wildman–Crippen MR) is 274 cm³/mol. The van der Waals surface area contributed by atoms with Crippen molar-refractivity contribution in [3.05, 3.63) is 82.2 Å². The van der Waals surface area contributed by atoms with Crippen LogP contribution in [0.15, 0.2) is 65.8 Å². The molecule has 4 aliphatic heterocycles. The smallest absolute Gasteiger partial charge is 0.306 e. The molecule has 82 heavy (non-hydrogen) atoms. The fourth-order valence-corrected chi connectivity index (χ4v) is 9.85. The van der Waals surface area contributed by atoms with E-state index in [0.717, 1.165) is 41.5 Å². The van der Waals surface area contributed by atoms with Crippen molar-refractivity contribution in [2.75, 3.05) is 0 Å². The molecule has 0 aliphatic carbocycles. The molecule has 0 amide bonds. The van der Waals surface area contributed by atoms with Gasteiger partial charge >= 0.3 is 41.8 Å². The number of ether oxygens (including phenoxy) is 16. The van der Waals surface area contributed by atoms with Gasteiger partial charge in [0.15, 0.2) is 74.0 Å². The van der Waals surface area contributed by atoms with Crippen LogP contribution in [0.4, 0.5) is 0 Å². The number of esters is 7. The van der Waals surface area contributed by atoms with Crippen molar-refractivity contribution in [3.63, 3.8) is 0 Å². The van der Waals surface area contributed by atoms with Crippen LogP contribution in [0.3, 0.4) is 0 Å². The minimum Gasteiger partial charge on any atom is -0.457 e. The molecule has 4 saturated heterocycles. The van der Waals surface area contributed by atoms with Crippen LogP contribution in [-0.2, 0) is 127 Å². The van der Waals surface area contributed by atoms with Crippen LogP contribution in [0.25, 0.3) is 10.4 Å². The Morgan fingerprint density at radius 3 is 1.18 bits per heavy atom. The number of carbonyl (C=O) groups excluding carboxylic acids is 8. The first-order valence-electron chi connectivity index (χ1n) is 26.6. The molecule has 0 spiro atoms. The largest absolute Gasteiger partial charge is 0.457 e. The van der Waals surface area contributed by atoms with Crippen LogP contribution in [0.2, 0.25) is 0 Å². The zero-order valence-corrected chi connectivity index (χ0v) is 47.3. The summed E-state index contributed by atoms with van der Waals surface area (Å²) in [5.41, 5.74) is 11.1. The van der Waals surface area contributed by atoms with Gasteiger partial charge in [0.2, 0.25) is 0 Å². The SMILES string of the molecule is CC(=O)CCC(=O)O[C@H]1[C@H](O[C@@H]2[C@@H](OC(C)=O)[C@H](C)O[C@@H](O[C@@H]3[C@@H](OC(C)=O)[C@H](C)O[C@@H](O[C@H]4[C@H](OCc5ccccc5)O[C@@H](C)[C@H](OC(C)=O)[C@H]4OC(C)=O)[C@@H]3OC(C)=O)[C@@H]2OC(C)=O)O[C@H](C)[C@@H](N=[N+]=[N-])[C@@H]1OCc1ccccc1. The Morgan fingerprint density at radius 1 is 0.415 bits per heavy atom. The van der Waals surface area contributed by atoms with Gasteiger partial charge in [-0.15, -0.1) is 0 Å². The minimum absolute atomic E-state index is 0.0748. The summed E-state index contributed by atoms with van der Waals surface area (Å²) in [7, 11) is 0. The average Bonchev–Trinajstić information content (AvgIpc) is 2.36. The predicted octanol–water partition coefficient (Wildman–Crippen LogP) is 4.47. The second-order valence-electron chi connectivity index (χ2n) is 20.0. The summed E-state index contributed by atoms with van der Waals surface area (Å²) in [4.78, 5) is 107. The molecule has 0 aromatic heterocycles. The normalized spacial score (nSPS) is 33.5. The van der Waals surface area contributed by atoms with Crippen LogP contribution in [0.5, 0.6) is 0 Å². The molecule has 450 valence electrons. The van der Waals surface area contributed by atoms with E-state index in [-0.39, 0.29) is 25.4 Å². The van der Waals surface area contributed by atoms with E-state index in [1.54, 1.807) is 67.6 Å². The van der Waals surface area contributed by atoms with Gasteiger partial charge in [0.1, 0.15) is 24.1 Å². The van der Waals surface area contributed by atoms with Crippen molar-refractivity contribution >= 4 is 47.6 Å². The number of rotatable bonds is 23. The van der Waals surface area contributed by atoms with E-state index in [1.165, 1.54) is 27.7 Å². The Kier molecular flexibility index (Phi) is 23.7. The molecule has 20 atom stereocenters. The monoisotopic (exact) mass is 1160 g/mol. The standard InChI is InChI=1S/C55H71N3O24/c1-26(59)22-23-39(66)79-48-44(67-24-37-18-14-12-15-19-37)40(57-58-56)27(2)69-53(48)80-46-42(74-32(7)61)29(4)71-54(50(46)77-35(10)64)81-47-43(75-33(8)62)30(5)72-55(51(47)78-36(11)65)82-49-45(76-34(9)63)41(73-31(6)60)28(3)70-52(49)68-25-38-20-16-13-17-21-38/h12-21,27-30,40-55H,22-25H2,1-11H3/t27-,28+,29+,30+,40-,41+,42+,43+,44+,45-,46-,47-,48-,49-,50-,51-,52-,53+,54+,55+/m1/s1. The van der Waals surface area contributed by atoms with Crippen LogP contribution in [0.1, 0.15) is 100 Å². The summed E-state index contributed by atoms with van der Waals surface area (Å²) in [5.74, 6) is -6.45. The number of nitrogens with zero attached hydrogens (tertiary/aromatic N) is 3. The molecule has 6 rings (SSSR count). The third-order valence-corrected chi connectivity index (χ3v) is 13.3. The number of benzene rings is 2. The van der Waals surface area contributed by atoms with Crippen LogP contribution < -0.4 is 0 Å². The molecule has 4 heterocycles. The van der Waals surface area contributed by atoms with E-state index in [2.05, 4.69) is 10.0 Å². The number of ketones is 1. The number of Topliss-reactive ketones (excluding diaryl/α,β-unsaturated/α-hetero) is 1. The molecule has 0 saturated carbocycles. The highest BCUT2D eigenvalue weighted by Gasteiger charge is 2.60. The summed E-state index contributed by atoms with van der Waals surface area (Å²) in [6.45, 7) is 13.7. The first-order chi connectivity index (χ1) is 38.9. The number of hydrogen-bond acceptors (Lipinski definition) is 25. The number of hydrogen-bond donors (Lipinski definition) is 0. The van der Waals surface area contributed by atoms with E-state index in [4.69, 9.17) is 75.8 Å². The zero-order chi connectivity index (χ0) is 59.9. The lowest BCUT2D eigenvalue weighted by atomic mass is 9.95. The molecule has 0 radical (unpaired) electrons. The van der Waals surface area contributed by atoms with E-state index in [1.807, 2.05) is 0 Å². The molecule has 2 aromatic rings. The highest BCUT2D eigenvalue weighted by Crippen LogP contribution is 2.40. The van der Waals surface area contributed by atoms with Gasteiger partial charge in [0.25, 0.3) is 0 Å². The van der Waals surface area contributed by atoms with Gasteiger partial charge in [0.05, 0.1) is 50.1 Å². The summed E-state index contributed by atoms with van der Waals surface area (Å²) in [6, 6.07) is 16.6. The maximum absolute atomic E-state index is 13.6. The van der Waals surface area contributed by atoms with Crippen LogP contribution in [0, 0.1) is 0 Å². The highest BCUT2D eigenvalue weighted by molar-refractivity contribution is 5.81. The lowest BCUT2D eigenvalue weighted by Crippen LogP contribution is -2.68. The third kappa shape index (κ3) is 17.7. The Hall–Kier alpha value is -6.65. The molecule has 2 aromatic carbocycles. The first-order valence-corrected chi connectivity index (χ1v) is 26.6. The Labute approximate surface area is 472 Å². The summed E-state index contributed by atoms with van der Waals surface area (Å²) < 4.78 is 99.1. The fourth-order valence-electron chi connectivity index (χ4n) is 9.85. The number of carbonyl (C=O) groups is 8. The van der Waals surface area contributed by atoms with Gasteiger partial charge < -0.3 is 80.6 Å². The molecule has 0 unspecified atom stereocenters. The summed E-state index contributed by atoms with van der Waals surface area (Å²) >= 11 is 0. The lowest BCUT2D eigenvalue weighted by molar-refractivity contribution is -0.388. The van der Waals surface area contributed by atoms with Gasteiger partial charge in [-0.2, -0.15) is 0 Å². The van der Waals surface area contributed by atoms with Gasteiger partial charge in [-0.1, -0.05) is 65.8 Å². The highest BCUT2D eigenvalue weighted by atomic mass is 16.8. The quantitative estimate of drug-likeness (QED) is 0.0487. The molecule has 0 bridgehead atoms. The molecule has 4 fully saturated rings. The van der Waals surface area contributed by atoms with Crippen molar-refractivity contribution < 1.29 is 114 Å².